The molecule has 1 fully saturated rings. The van der Waals surface area contributed by atoms with E-state index in [0.29, 0.717) is 31.9 Å². The van der Waals surface area contributed by atoms with Crippen LogP contribution in [0.25, 0.3) is 0 Å². The maximum atomic E-state index is 11.9. The zero-order valence-electron chi connectivity index (χ0n) is 10.2. The van der Waals surface area contributed by atoms with Crippen molar-refractivity contribution in [1.82, 2.24) is 4.90 Å². The lowest BCUT2D eigenvalue weighted by atomic mass is 10.1. The Kier molecular flexibility index (Phi) is 4.43. The van der Waals surface area contributed by atoms with E-state index < -0.39 is 17.1 Å². The highest BCUT2D eigenvalue weighted by atomic mass is 17.0. The zero-order chi connectivity index (χ0) is 13.7. The molecule has 0 bridgehead atoms. The zero-order valence-corrected chi connectivity index (χ0v) is 10.2. The summed E-state index contributed by atoms with van der Waals surface area (Å²) in [5.74, 6) is -0.877. The Morgan fingerprint density at radius 3 is 2.53 bits per heavy atom. The number of morpholine rings is 1. The highest BCUT2D eigenvalue weighted by Crippen LogP contribution is 2.23. The first-order chi connectivity index (χ1) is 9.18. The van der Waals surface area contributed by atoms with Gasteiger partial charge in [-0.25, -0.2) is 4.84 Å². The normalized spacial score (nSPS) is 17.7. The molecule has 0 aliphatic carbocycles. The van der Waals surface area contributed by atoms with Crippen LogP contribution in [0, 0.1) is 10.1 Å². The third-order valence-corrected chi connectivity index (χ3v) is 2.91. The summed E-state index contributed by atoms with van der Waals surface area (Å²) in [5, 5.41) is 9.28. The van der Waals surface area contributed by atoms with Crippen LogP contribution in [0.15, 0.2) is 30.3 Å². The van der Waals surface area contributed by atoms with E-state index in [1.165, 1.54) is 0 Å². The molecule has 0 amide bonds. The maximum Gasteiger partial charge on any atom is 0.325 e. The lowest BCUT2D eigenvalue weighted by Gasteiger charge is -2.32. The van der Waals surface area contributed by atoms with Crippen molar-refractivity contribution in [2.24, 2.45) is 0 Å². The number of carbonyl (C=O) groups is 1. The molecule has 1 saturated heterocycles. The minimum Gasteiger partial charge on any atom is -0.379 e. The van der Waals surface area contributed by atoms with Gasteiger partial charge in [0.15, 0.2) is 0 Å². The number of nitrogens with zero attached hydrogens (tertiary/aromatic N) is 2. The van der Waals surface area contributed by atoms with Crippen LogP contribution in [0.3, 0.4) is 0 Å². The van der Waals surface area contributed by atoms with E-state index in [1.807, 2.05) is 11.0 Å². The predicted octanol–water partition coefficient (Wildman–Crippen LogP) is 0.795. The van der Waals surface area contributed by atoms with E-state index in [0.717, 1.165) is 0 Å². The van der Waals surface area contributed by atoms with Gasteiger partial charge in [-0.15, -0.1) is 10.1 Å². The fourth-order valence-corrected chi connectivity index (χ4v) is 2.09. The van der Waals surface area contributed by atoms with E-state index in [-0.39, 0.29) is 0 Å². The number of hydrogen-bond donors (Lipinski definition) is 0. The van der Waals surface area contributed by atoms with Gasteiger partial charge in [-0.2, -0.15) is 0 Å². The molecule has 19 heavy (non-hydrogen) atoms. The maximum absolute atomic E-state index is 11.9. The summed E-state index contributed by atoms with van der Waals surface area (Å²) in [6.07, 6.45) is 0. The molecular weight excluding hydrogens is 252 g/mol. The van der Waals surface area contributed by atoms with E-state index in [9.17, 15) is 14.9 Å². The van der Waals surface area contributed by atoms with Crippen molar-refractivity contribution in [2.75, 3.05) is 26.3 Å². The Labute approximate surface area is 109 Å². The Morgan fingerprint density at radius 2 is 1.95 bits per heavy atom. The Morgan fingerprint density at radius 1 is 1.32 bits per heavy atom. The van der Waals surface area contributed by atoms with Gasteiger partial charge in [0.2, 0.25) is 0 Å². The number of hydrogen-bond acceptors (Lipinski definition) is 6. The van der Waals surface area contributed by atoms with E-state index >= 15 is 0 Å². The second kappa shape index (κ2) is 6.26. The molecule has 7 heteroatoms. The largest absolute Gasteiger partial charge is 0.379 e. The van der Waals surface area contributed by atoms with Crippen LogP contribution in [-0.2, 0) is 14.4 Å². The minimum absolute atomic E-state index is 0.495. The van der Waals surface area contributed by atoms with Crippen LogP contribution >= 0.6 is 0 Å². The van der Waals surface area contributed by atoms with Crippen LogP contribution < -0.4 is 0 Å². The second-order valence-corrected chi connectivity index (χ2v) is 4.10. The summed E-state index contributed by atoms with van der Waals surface area (Å²) in [4.78, 5) is 28.2. The van der Waals surface area contributed by atoms with E-state index in [2.05, 4.69) is 4.84 Å². The summed E-state index contributed by atoms with van der Waals surface area (Å²) in [6, 6.07) is 8.11. The molecule has 1 heterocycles. The molecule has 1 atom stereocenters. The SMILES string of the molecule is O=C(O[N+](=O)[O-])C(c1ccccc1)N1CCOCC1. The van der Waals surface area contributed by atoms with Crippen molar-refractivity contribution >= 4 is 5.97 Å². The third-order valence-electron chi connectivity index (χ3n) is 2.91. The summed E-state index contributed by atoms with van der Waals surface area (Å²) >= 11 is 0. The highest BCUT2D eigenvalue weighted by Gasteiger charge is 2.31. The fourth-order valence-electron chi connectivity index (χ4n) is 2.09. The number of ether oxygens (including phenoxy) is 1. The average molecular weight is 266 g/mol. The average Bonchev–Trinajstić information content (AvgIpc) is 2.40. The van der Waals surface area contributed by atoms with Gasteiger partial charge in [0.25, 0.3) is 0 Å². The summed E-state index contributed by atoms with van der Waals surface area (Å²) < 4.78 is 5.22. The molecule has 1 aromatic carbocycles. The van der Waals surface area contributed by atoms with Crippen molar-refractivity contribution in [3.63, 3.8) is 0 Å². The Balaban J connectivity index is 2.22. The number of carbonyl (C=O) groups excluding carboxylic acids is 1. The van der Waals surface area contributed by atoms with Gasteiger partial charge in [0.1, 0.15) is 6.04 Å². The number of rotatable bonds is 4. The van der Waals surface area contributed by atoms with Gasteiger partial charge in [0.05, 0.1) is 13.2 Å². The predicted molar refractivity (Wildman–Crippen MR) is 64.7 cm³/mol. The van der Waals surface area contributed by atoms with Gasteiger partial charge >= 0.3 is 11.1 Å². The van der Waals surface area contributed by atoms with Gasteiger partial charge in [-0.3, -0.25) is 9.69 Å². The van der Waals surface area contributed by atoms with E-state index in [1.54, 1.807) is 24.3 Å². The Hall–Kier alpha value is -1.99. The first-order valence-electron chi connectivity index (χ1n) is 5.91. The van der Waals surface area contributed by atoms with Gasteiger partial charge in [-0.1, -0.05) is 30.3 Å². The first-order valence-corrected chi connectivity index (χ1v) is 5.91. The summed E-state index contributed by atoms with van der Waals surface area (Å²) in [7, 11) is 0. The van der Waals surface area contributed by atoms with Crippen LogP contribution in [0.2, 0.25) is 0 Å². The van der Waals surface area contributed by atoms with Crippen LogP contribution in [0.4, 0.5) is 0 Å². The molecular formula is C12H14N2O5. The molecule has 0 N–H and O–H groups in total. The van der Waals surface area contributed by atoms with Gasteiger partial charge in [0, 0.05) is 13.1 Å². The molecule has 1 aliphatic rings. The fraction of sp³-hybridized carbons (Fsp3) is 0.417. The standard InChI is InChI=1S/C12H14N2O5/c15-12(19-14(16)17)11(10-4-2-1-3-5-10)13-6-8-18-9-7-13/h1-5,11H,6-9H2. The van der Waals surface area contributed by atoms with Gasteiger partial charge < -0.3 is 4.74 Å². The molecule has 0 spiro atoms. The molecule has 0 aromatic heterocycles. The van der Waals surface area contributed by atoms with Crippen LogP contribution in [-0.4, -0.2) is 42.3 Å². The first kappa shape index (κ1) is 13.4. The molecule has 1 aromatic rings. The Bertz CT molecular complexity index is 445. The van der Waals surface area contributed by atoms with Crippen molar-refractivity contribution in [1.29, 1.82) is 0 Å². The van der Waals surface area contributed by atoms with Crippen LogP contribution in [0.1, 0.15) is 11.6 Å². The molecule has 2 rings (SSSR count). The van der Waals surface area contributed by atoms with Crippen LogP contribution in [0.5, 0.6) is 0 Å². The topological polar surface area (TPSA) is 81.9 Å². The van der Waals surface area contributed by atoms with Gasteiger partial charge in [-0.05, 0) is 5.56 Å². The monoisotopic (exact) mass is 266 g/mol. The van der Waals surface area contributed by atoms with Crippen molar-refractivity contribution in [3.8, 4) is 0 Å². The third kappa shape index (κ3) is 3.49. The van der Waals surface area contributed by atoms with Crippen molar-refractivity contribution in [2.45, 2.75) is 6.04 Å². The summed E-state index contributed by atoms with van der Waals surface area (Å²) in [5.41, 5.74) is 0.677. The smallest absolute Gasteiger partial charge is 0.325 e. The highest BCUT2D eigenvalue weighted by molar-refractivity contribution is 5.77. The quantitative estimate of drug-likeness (QED) is 0.592. The number of benzene rings is 1. The lowest BCUT2D eigenvalue weighted by Crippen LogP contribution is -2.43. The van der Waals surface area contributed by atoms with E-state index in [4.69, 9.17) is 4.74 Å². The minimum atomic E-state index is -1.07. The lowest BCUT2D eigenvalue weighted by molar-refractivity contribution is -0.730. The molecule has 0 radical (unpaired) electrons. The molecule has 0 saturated carbocycles. The molecule has 1 unspecified atom stereocenters. The van der Waals surface area contributed by atoms with Crippen molar-refractivity contribution in [3.05, 3.63) is 46.0 Å². The second-order valence-electron chi connectivity index (χ2n) is 4.10. The summed E-state index contributed by atoms with van der Waals surface area (Å²) in [6.45, 7) is 2.06. The van der Waals surface area contributed by atoms with Crippen molar-refractivity contribution < 1.29 is 19.5 Å². The molecule has 1 aliphatic heterocycles. The molecule has 102 valence electrons. The molecule has 7 nitrogen and oxygen atoms in total.